The van der Waals surface area contributed by atoms with Crippen LogP contribution in [0.3, 0.4) is 0 Å². The van der Waals surface area contributed by atoms with Crippen molar-refractivity contribution in [1.82, 2.24) is 24.9 Å². The summed E-state index contributed by atoms with van der Waals surface area (Å²) in [4.78, 5) is 77.6. The first-order chi connectivity index (χ1) is 26.0. The predicted octanol–water partition coefficient (Wildman–Crippen LogP) is 4.81. The maximum Gasteiger partial charge on any atom is 0.323 e. The average Bonchev–Trinajstić information content (AvgIpc) is 3.84. The average molecular weight is 728 g/mol. The molecule has 0 aromatic carbocycles. The molecule has 5 aromatic heterocycles. The third-order valence-corrected chi connectivity index (χ3v) is 10.6. The third kappa shape index (κ3) is 5.58. The lowest BCUT2D eigenvalue weighted by atomic mass is 9.84. The van der Waals surface area contributed by atoms with Gasteiger partial charge in [0.1, 0.15) is 0 Å². The van der Waals surface area contributed by atoms with Gasteiger partial charge in [-0.3, -0.25) is 29.1 Å². The highest BCUT2D eigenvalue weighted by Gasteiger charge is 2.55. The standard InChI is InChI=1S/C41H37N5O8/c1-22-24-18-40(36(47)51-3,37(48)52-4)20-26(24)34(28-12-7-9-16-42-28)45-32(22)30-14-11-15-31(44-30)33-23(2)25-19-41(38(49)53-5,39(50)54-6)21-27(25)35(46-33)29-13-8-10-17-43-29/h7-17H,18-21H2,1-6H3. The van der Waals surface area contributed by atoms with Crippen LogP contribution < -0.4 is 0 Å². The Balaban J connectivity index is 1.42. The molecule has 0 unspecified atom stereocenters. The van der Waals surface area contributed by atoms with Gasteiger partial charge in [0.15, 0.2) is 10.8 Å². The van der Waals surface area contributed by atoms with Crippen LogP contribution in [0, 0.1) is 24.7 Å². The number of ether oxygens (including phenoxy) is 4. The molecule has 7 rings (SSSR count). The summed E-state index contributed by atoms with van der Waals surface area (Å²) in [6.45, 7) is 3.78. The Bertz CT molecular complexity index is 2150. The molecule has 13 heteroatoms. The van der Waals surface area contributed by atoms with E-state index in [0.717, 1.165) is 22.3 Å². The molecule has 0 saturated heterocycles. The highest BCUT2D eigenvalue weighted by Crippen LogP contribution is 2.47. The van der Waals surface area contributed by atoms with Gasteiger partial charge in [-0.25, -0.2) is 15.0 Å². The Labute approximate surface area is 311 Å². The van der Waals surface area contributed by atoms with Gasteiger partial charge in [0.25, 0.3) is 0 Å². The van der Waals surface area contributed by atoms with E-state index in [4.69, 9.17) is 33.9 Å². The van der Waals surface area contributed by atoms with E-state index in [1.807, 2.05) is 56.3 Å². The summed E-state index contributed by atoms with van der Waals surface area (Å²) in [5.74, 6) is -2.76. The van der Waals surface area contributed by atoms with Crippen molar-refractivity contribution in [2.75, 3.05) is 28.4 Å². The number of hydrogen-bond acceptors (Lipinski definition) is 13. The maximum atomic E-state index is 13.3. The second-order valence-corrected chi connectivity index (χ2v) is 13.5. The number of nitrogens with zero attached hydrogens (tertiary/aromatic N) is 5. The van der Waals surface area contributed by atoms with E-state index < -0.39 is 34.7 Å². The van der Waals surface area contributed by atoms with Gasteiger partial charge in [0, 0.05) is 38.1 Å². The highest BCUT2D eigenvalue weighted by atomic mass is 16.6. The van der Waals surface area contributed by atoms with Gasteiger partial charge in [0.2, 0.25) is 0 Å². The molecule has 0 bridgehead atoms. The van der Waals surface area contributed by atoms with Crippen molar-refractivity contribution in [3.63, 3.8) is 0 Å². The quantitative estimate of drug-likeness (QED) is 0.121. The van der Waals surface area contributed by atoms with Crippen LogP contribution in [0.25, 0.3) is 45.6 Å². The Morgan fingerprint density at radius 2 is 0.815 bits per heavy atom. The molecule has 0 aliphatic heterocycles. The lowest BCUT2D eigenvalue weighted by Crippen LogP contribution is -2.42. The summed E-state index contributed by atoms with van der Waals surface area (Å²) in [6.07, 6.45) is 3.46. The molecule has 13 nitrogen and oxygen atoms in total. The van der Waals surface area contributed by atoms with Gasteiger partial charge in [-0.05, 0) is 83.6 Å². The van der Waals surface area contributed by atoms with Crippen molar-refractivity contribution in [3.8, 4) is 45.6 Å². The van der Waals surface area contributed by atoms with E-state index >= 15 is 0 Å². The lowest BCUT2D eigenvalue weighted by Gasteiger charge is -2.22. The van der Waals surface area contributed by atoms with Crippen LogP contribution in [0.2, 0.25) is 0 Å². The molecule has 5 aromatic rings. The first kappa shape index (κ1) is 36.0. The monoisotopic (exact) mass is 727 g/mol. The summed E-state index contributed by atoms with van der Waals surface area (Å²) in [5, 5.41) is 0. The van der Waals surface area contributed by atoms with E-state index in [2.05, 4.69) is 9.97 Å². The van der Waals surface area contributed by atoms with Crippen LogP contribution in [0.1, 0.15) is 33.4 Å². The third-order valence-electron chi connectivity index (χ3n) is 10.6. The van der Waals surface area contributed by atoms with Crippen molar-refractivity contribution >= 4 is 23.9 Å². The van der Waals surface area contributed by atoms with Crippen molar-refractivity contribution in [2.45, 2.75) is 39.5 Å². The smallest absolute Gasteiger partial charge is 0.323 e. The molecule has 0 atom stereocenters. The van der Waals surface area contributed by atoms with E-state index in [-0.39, 0.29) is 25.7 Å². The maximum absolute atomic E-state index is 13.3. The number of fused-ring (bicyclic) bond motifs is 2. The molecule has 54 heavy (non-hydrogen) atoms. The molecule has 0 radical (unpaired) electrons. The van der Waals surface area contributed by atoms with E-state index in [9.17, 15) is 19.2 Å². The number of carbonyl (C=O) groups excluding carboxylic acids is 4. The number of carbonyl (C=O) groups is 4. The zero-order valence-corrected chi connectivity index (χ0v) is 30.7. The molecule has 2 aliphatic carbocycles. The molecular formula is C41H37N5O8. The van der Waals surface area contributed by atoms with Crippen LogP contribution in [0.15, 0.2) is 67.0 Å². The summed E-state index contributed by atoms with van der Waals surface area (Å²) in [7, 11) is 5.00. The molecule has 0 N–H and O–H groups in total. The van der Waals surface area contributed by atoms with Gasteiger partial charge in [-0.1, -0.05) is 18.2 Å². The number of pyridine rings is 5. The number of methoxy groups -OCH3 is 4. The second kappa shape index (κ2) is 13.9. The highest BCUT2D eigenvalue weighted by molar-refractivity contribution is 6.03. The summed E-state index contributed by atoms with van der Waals surface area (Å²) in [5.41, 5.74) is 5.45. The lowest BCUT2D eigenvalue weighted by molar-refractivity contribution is -0.170. The first-order valence-electron chi connectivity index (χ1n) is 17.2. The first-order valence-corrected chi connectivity index (χ1v) is 17.2. The summed E-state index contributed by atoms with van der Waals surface area (Å²) >= 11 is 0. The Morgan fingerprint density at radius 3 is 1.15 bits per heavy atom. The number of esters is 4. The summed E-state index contributed by atoms with van der Waals surface area (Å²) in [6, 6.07) is 16.4. The van der Waals surface area contributed by atoms with E-state index in [1.54, 1.807) is 24.5 Å². The van der Waals surface area contributed by atoms with Crippen molar-refractivity contribution < 1.29 is 38.1 Å². The zero-order valence-electron chi connectivity index (χ0n) is 30.7. The van der Waals surface area contributed by atoms with Crippen molar-refractivity contribution in [1.29, 1.82) is 0 Å². The van der Waals surface area contributed by atoms with Crippen LogP contribution in [0.5, 0.6) is 0 Å². The second-order valence-electron chi connectivity index (χ2n) is 13.5. The SMILES string of the molecule is COC(=O)C1(C(=O)OC)Cc2c(-c3ccccn3)nc(-c3cccc(-c4nc(-c5ccccn5)c5c(c4C)CC(C(=O)OC)(C(=O)OC)C5)n3)c(C)c2C1. The summed E-state index contributed by atoms with van der Waals surface area (Å²) < 4.78 is 20.6. The Kier molecular flexibility index (Phi) is 9.26. The van der Waals surface area contributed by atoms with E-state index in [1.165, 1.54) is 28.4 Å². The Morgan fingerprint density at radius 1 is 0.463 bits per heavy atom. The fraction of sp³-hybridized carbons (Fsp3) is 0.293. The topological polar surface area (TPSA) is 170 Å². The van der Waals surface area contributed by atoms with Gasteiger partial charge in [-0.2, -0.15) is 0 Å². The molecule has 5 heterocycles. The molecule has 2 aliphatic rings. The van der Waals surface area contributed by atoms with E-state index in [0.29, 0.717) is 56.7 Å². The van der Waals surface area contributed by atoms with Crippen molar-refractivity contribution in [3.05, 3.63) is 100 Å². The zero-order chi connectivity index (χ0) is 38.4. The van der Waals surface area contributed by atoms with Gasteiger partial charge in [0.05, 0.1) is 74.0 Å². The minimum absolute atomic E-state index is 0.0301. The molecule has 0 amide bonds. The van der Waals surface area contributed by atoms with Crippen LogP contribution in [-0.4, -0.2) is 77.2 Å². The van der Waals surface area contributed by atoms with Crippen molar-refractivity contribution in [2.24, 2.45) is 10.8 Å². The number of aromatic nitrogens is 5. The molecule has 0 spiro atoms. The van der Waals surface area contributed by atoms with Crippen LogP contribution in [-0.2, 0) is 63.8 Å². The van der Waals surface area contributed by atoms with Crippen LogP contribution in [0.4, 0.5) is 0 Å². The molecule has 0 fully saturated rings. The number of rotatable bonds is 8. The molecular weight excluding hydrogens is 690 g/mol. The van der Waals surface area contributed by atoms with Gasteiger partial charge < -0.3 is 18.9 Å². The fourth-order valence-corrected chi connectivity index (χ4v) is 7.89. The fourth-order valence-electron chi connectivity index (χ4n) is 7.89. The van der Waals surface area contributed by atoms with Gasteiger partial charge >= 0.3 is 23.9 Å². The predicted molar refractivity (Wildman–Crippen MR) is 194 cm³/mol. The largest absolute Gasteiger partial charge is 0.468 e. The van der Waals surface area contributed by atoms with Crippen LogP contribution >= 0.6 is 0 Å². The minimum Gasteiger partial charge on any atom is -0.468 e. The molecule has 0 saturated carbocycles. The Hall–Kier alpha value is -6.37. The minimum atomic E-state index is -1.59. The normalized spacial score (nSPS) is 14.8. The number of hydrogen-bond donors (Lipinski definition) is 0. The molecule has 274 valence electrons. The van der Waals surface area contributed by atoms with Gasteiger partial charge in [-0.15, -0.1) is 0 Å².